The van der Waals surface area contributed by atoms with E-state index < -0.39 is 30.2 Å². The third-order valence-electron chi connectivity index (χ3n) is 8.69. The molecule has 2 atom stereocenters. The Morgan fingerprint density at radius 2 is 0.918 bits per heavy atom. The number of carboxylic acids is 2. The lowest BCUT2D eigenvalue weighted by molar-refractivity contribution is -0.138. The lowest BCUT2D eigenvalue weighted by Gasteiger charge is -2.16. The molecule has 6 rings (SSSR count). The summed E-state index contributed by atoms with van der Waals surface area (Å²) in [5.74, 6) is -1.81. The van der Waals surface area contributed by atoms with Gasteiger partial charge in [-0.2, -0.15) is 0 Å². The third-order valence-corrected chi connectivity index (χ3v) is 8.69. The number of fused-ring (bicyclic) bond motifs is 6. The van der Waals surface area contributed by atoms with Crippen LogP contribution in [0.2, 0.25) is 0 Å². The van der Waals surface area contributed by atoms with Gasteiger partial charge in [-0.05, 0) is 64.8 Å². The van der Waals surface area contributed by atoms with E-state index in [0.29, 0.717) is 6.42 Å². The van der Waals surface area contributed by atoms with Crippen molar-refractivity contribution in [3.8, 4) is 22.3 Å². The smallest absolute Gasteiger partial charge is 0.407 e. The number of hydrogen-bond acceptors (Lipinski definition) is 6. The Balaban J connectivity index is 0.000000191. The standard InChI is InChI=1S/C20H21NO4.C19H19NO4/c1-13(10-11-19(22)23)21-20(24)25-12-18-16-8-4-2-6-14(16)15-7-3-5-9-17(15)18;1-12(10-18(21)22)20-19(23)24-11-17-15-8-4-2-6-13(15)14-7-3-5-9-16(14)17/h2-9,13,18H,10-12H2,1H3,(H,21,24)(H,22,23);2-9,12,17H,10-11H2,1H3,(H,20,23)(H,21,22). The monoisotopic (exact) mass is 664 g/mol. The average molecular weight is 665 g/mol. The van der Waals surface area contributed by atoms with Gasteiger partial charge in [-0.3, -0.25) is 9.59 Å². The minimum Gasteiger partial charge on any atom is -0.481 e. The molecule has 2 amide bonds. The van der Waals surface area contributed by atoms with Gasteiger partial charge in [0.15, 0.2) is 0 Å². The van der Waals surface area contributed by atoms with E-state index in [1.54, 1.807) is 13.8 Å². The van der Waals surface area contributed by atoms with E-state index in [1.165, 1.54) is 22.3 Å². The molecule has 0 bridgehead atoms. The van der Waals surface area contributed by atoms with E-state index in [9.17, 15) is 19.2 Å². The first kappa shape index (κ1) is 34.7. The van der Waals surface area contributed by atoms with Crippen molar-refractivity contribution in [1.29, 1.82) is 0 Å². The second-order valence-corrected chi connectivity index (χ2v) is 12.3. The molecule has 2 aliphatic carbocycles. The summed E-state index contributed by atoms with van der Waals surface area (Å²) in [5.41, 5.74) is 9.31. The highest BCUT2D eigenvalue weighted by Gasteiger charge is 2.30. The maximum atomic E-state index is 12.0. The van der Waals surface area contributed by atoms with Gasteiger partial charge in [0, 0.05) is 30.3 Å². The van der Waals surface area contributed by atoms with Crippen LogP contribution in [0, 0.1) is 0 Å². The van der Waals surface area contributed by atoms with E-state index in [0.717, 1.165) is 22.3 Å². The van der Waals surface area contributed by atoms with Gasteiger partial charge in [-0.25, -0.2) is 9.59 Å². The Labute approximate surface area is 285 Å². The molecule has 0 saturated heterocycles. The van der Waals surface area contributed by atoms with Crippen LogP contribution >= 0.6 is 0 Å². The second kappa shape index (κ2) is 16.0. The van der Waals surface area contributed by atoms with Crippen LogP contribution in [0.15, 0.2) is 97.1 Å². The minimum absolute atomic E-state index is 0.00192. The Morgan fingerprint density at radius 3 is 1.27 bits per heavy atom. The fourth-order valence-corrected chi connectivity index (χ4v) is 6.41. The van der Waals surface area contributed by atoms with Gasteiger partial charge in [-0.15, -0.1) is 0 Å². The molecule has 0 fully saturated rings. The molecule has 49 heavy (non-hydrogen) atoms. The summed E-state index contributed by atoms with van der Waals surface area (Å²) in [6, 6.07) is 31.8. The normalized spacial score (nSPS) is 13.7. The molecular formula is C39H40N2O8. The lowest BCUT2D eigenvalue weighted by Crippen LogP contribution is -2.35. The van der Waals surface area contributed by atoms with Crippen molar-refractivity contribution in [2.24, 2.45) is 0 Å². The Hall–Kier alpha value is -5.64. The molecule has 0 heterocycles. The van der Waals surface area contributed by atoms with Crippen LogP contribution < -0.4 is 10.6 Å². The topological polar surface area (TPSA) is 151 Å². The van der Waals surface area contributed by atoms with Gasteiger partial charge in [0.2, 0.25) is 0 Å². The highest BCUT2D eigenvalue weighted by Crippen LogP contribution is 2.45. The van der Waals surface area contributed by atoms with Gasteiger partial charge in [0.1, 0.15) is 13.2 Å². The highest BCUT2D eigenvalue weighted by atomic mass is 16.6. The summed E-state index contributed by atoms with van der Waals surface area (Å²) in [4.78, 5) is 45.1. The minimum atomic E-state index is -0.957. The van der Waals surface area contributed by atoms with Crippen LogP contribution in [0.5, 0.6) is 0 Å². The molecule has 0 spiro atoms. The number of hydrogen-bond donors (Lipinski definition) is 4. The molecule has 4 N–H and O–H groups in total. The van der Waals surface area contributed by atoms with Crippen LogP contribution in [0.1, 0.15) is 67.2 Å². The fraction of sp³-hybridized carbons (Fsp3) is 0.282. The summed E-state index contributed by atoms with van der Waals surface area (Å²) in [6.45, 7) is 3.88. The van der Waals surface area contributed by atoms with Crippen molar-refractivity contribution in [1.82, 2.24) is 10.6 Å². The Kier molecular flexibility index (Phi) is 11.3. The Morgan fingerprint density at radius 1 is 0.571 bits per heavy atom. The van der Waals surface area contributed by atoms with Gasteiger partial charge in [-0.1, -0.05) is 97.1 Å². The number of aliphatic carboxylic acids is 2. The van der Waals surface area contributed by atoms with Gasteiger partial charge < -0.3 is 30.3 Å². The van der Waals surface area contributed by atoms with Crippen LogP contribution in [0.4, 0.5) is 9.59 Å². The van der Waals surface area contributed by atoms with Crippen LogP contribution in [0.3, 0.4) is 0 Å². The number of ether oxygens (including phenoxy) is 2. The molecule has 10 heteroatoms. The van der Waals surface area contributed by atoms with Crippen molar-refractivity contribution in [2.75, 3.05) is 13.2 Å². The average Bonchev–Trinajstić information content (AvgIpc) is 3.58. The van der Waals surface area contributed by atoms with Crippen molar-refractivity contribution in [3.05, 3.63) is 119 Å². The molecule has 4 aromatic carbocycles. The molecule has 2 unspecified atom stereocenters. The molecule has 2 aliphatic rings. The van der Waals surface area contributed by atoms with Gasteiger partial charge >= 0.3 is 24.1 Å². The summed E-state index contributed by atoms with van der Waals surface area (Å²) >= 11 is 0. The number of carboxylic acid groups (broad SMARTS) is 2. The fourth-order valence-electron chi connectivity index (χ4n) is 6.41. The van der Waals surface area contributed by atoms with E-state index in [1.807, 2.05) is 60.7 Å². The number of alkyl carbamates (subject to hydrolysis) is 2. The second-order valence-electron chi connectivity index (χ2n) is 12.3. The molecular weight excluding hydrogens is 624 g/mol. The third kappa shape index (κ3) is 8.64. The number of carbonyl (C=O) groups is 4. The quantitative estimate of drug-likeness (QED) is 0.132. The molecule has 254 valence electrons. The van der Waals surface area contributed by atoms with Crippen LogP contribution in [-0.2, 0) is 19.1 Å². The zero-order chi connectivity index (χ0) is 34.9. The number of rotatable bonds is 11. The van der Waals surface area contributed by atoms with Crippen molar-refractivity contribution in [2.45, 2.75) is 57.0 Å². The van der Waals surface area contributed by atoms with E-state index in [2.05, 4.69) is 47.0 Å². The first-order chi connectivity index (χ1) is 23.6. The van der Waals surface area contributed by atoms with Crippen LogP contribution in [0.25, 0.3) is 22.3 Å². The summed E-state index contributed by atoms with van der Waals surface area (Å²) in [7, 11) is 0. The largest absolute Gasteiger partial charge is 0.481 e. The number of benzene rings is 4. The summed E-state index contributed by atoms with van der Waals surface area (Å²) in [5, 5.41) is 22.6. The highest BCUT2D eigenvalue weighted by molar-refractivity contribution is 5.80. The maximum Gasteiger partial charge on any atom is 0.407 e. The SMILES string of the molecule is CC(CC(=O)O)NC(=O)OCC1c2ccccc2-c2ccccc21.CC(CCC(=O)O)NC(=O)OCC1c2ccccc2-c2ccccc21. The molecule has 0 aromatic heterocycles. The number of amides is 2. The van der Waals surface area contributed by atoms with Gasteiger partial charge in [0.25, 0.3) is 0 Å². The molecule has 10 nitrogen and oxygen atoms in total. The lowest BCUT2D eigenvalue weighted by atomic mass is 9.98. The van der Waals surface area contributed by atoms with Gasteiger partial charge in [0.05, 0.1) is 6.42 Å². The van der Waals surface area contributed by atoms with Crippen molar-refractivity contribution in [3.63, 3.8) is 0 Å². The molecule has 0 saturated carbocycles. The van der Waals surface area contributed by atoms with Crippen molar-refractivity contribution < 1.29 is 38.9 Å². The van der Waals surface area contributed by atoms with Crippen LogP contribution in [-0.4, -0.2) is 59.6 Å². The zero-order valence-electron chi connectivity index (χ0n) is 27.4. The van der Waals surface area contributed by atoms with E-state index in [-0.39, 0.29) is 43.9 Å². The predicted octanol–water partition coefficient (Wildman–Crippen LogP) is 7.17. The molecule has 0 radical (unpaired) electrons. The zero-order valence-corrected chi connectivity index (χ0v) is 27.4. The summed E-state index contributed by atoms with van der Waals surface area (Å²) in [6.07, 6.45) is -0.848. The number of nitrogens with one attached hydrogen (secondary N) is 2. The maximum absolute atomic E-state index is 12.0. The Bertz CT molecular complexity index is 1730. The van der Waals surface area contributed by atoms with E-state index in [4.69, 9.17) is 19.7 Å². The molecule has 0 aliphatic heterocycles. The predicted molar refractivity (Wildman–Crippen MR) is 184 cm³/mol. The first-order valence-electron chi connectivity index (χ1n) is 16.3. The van der Waals surface area contributed by atoms with E-state index >= 15 is 0 Å². The summed E-state index contributed by atoms with van der Waals surface area (Å²) < 4.78 is 10.8. The first-order valence-corrected chi connectivity index (χ1v) is 16.3. The number of carbonyl (C=O) groups excluding carboxylic acids is 2. The van der Waals surface area contributed by atoms with Crippen molar-refractivity contribution >= 4 is 24.1 Å². The molecule has 4 aromatic rings.